The van der Waals surface area contributed by atoms with Gasteiger partial charge in [0.2, 0.25) is 5.95 Å². The summed E-state index contributed by atoms with van der Waals surface area (Å²) in [6.07, 6.45) is 11.9. The Morgan fingerprint density at radius 1 is 1.18 bits per heavy atom. The van der Waals surface area contributed by atoms with Crippen LogP contribution in [-0.2, 0) is 11.3 Å². The number of rotatable bonds is 8. The lowest BCUT2D eigenvalue weighted by atomic mass is 9.80. The molecule has 3 aliphatic rings. The number of carboxylic acid groups (broad SMARTS) is 1. The molecule has 2 saturated carbocycles. The Bertz CT molecular complexity index is 1560. The van der Waals surface area contributed by atoms with Crippen LogP contribution in [0.2, 0.25) is 5.02 Å². The van der Waals surface area contributed by atoms with Gasteiger partial charge in [-0.05, 0) is 75.0 Å². The highest BCUT2D eigenvalue weighted by molar-refractivity contribution is 6.30. The topological polar surface area (TPSA) is 141 Å². The van der Waals surface area contributed by atoms with Crippen LogP contribution in [0.1, 0.15) is 69.3 Å². The minimum absolute atomic E-state index is 0.0230. The van der Waals surface area contributed by atoms with E-state index in [1.807, 2.05) is 24.3 Å². The first-order chi connectivity index (χ1) is 21.3. The zero-order chi connectivity index (χ0) is 30.8. The number of amidine groups is 1. The summed E-state index contributed by atoms with van der Waals surface area (Å²) in [4.78, 5) is 28.1. The van der Waals surface area contributed by atoms with Gasteiger partial charge in [-0.1, -0.05) is 30.2 Å². The molecule has 1 saturated heterocycles. The first-order valence-electron chi connectivity index (χ1n) is 15.5. The maximum absolute atomic E-state index is 11.4. The number of nitrogens with zero attached hydrogens (tertiary/aromatic N) is 5. The molecule has 3 aromatic rings. The number of aromatic nitrogens is 4. The number of morpholine rings is 1. The Labute approximate surface area is 262 Å². The number of terminal acetylenes is 1. The van der Waals surface area contributed by atoms with Crippen molar-refractivity contribution in [2.24, 2.45) is 17.8 Å². The molecule has 0 radical (unpaired) electrons. The van der Waals surface area contributed by atoms with Gasteiger partial charge in [0, 0.05) is 30.1 Å². The minimum Gasteiger partial charge on any atom is -0.465 e. The van der Waals surface area contributed by atoms with Crippen LogP contribution in [-0.4, -0.2) is 62.4 Å². The summed E-state index contributed by atoms with van der Waals surface area (Å²) in [6, 6.07) is 7.86. The van der Waals surface area contributed by atoms with Gasteiger partial charge in [0.05, 0.1) is 19.3 Å². The van der Waals surface area contributed by atoms with E-state index < -0.39 is 11.9 Å². The third kappa shape index (κ3) is 6.33. The molecule has 0 spiro atoms. The molecular formula is C32H39ClN8O3. The number of halogens is 1. The molecule has 1 aliphatic heterocycles. The quantitative estimate of drug-likeness (QED) is 0.143. The molecule has 2 aromatic heterocycles. The highest BCUT2D eigenvalue weighted by Crippen LogP contribution is 2.38. The molecule has 11 nitrogen and oxygen atoms in total. The number of amides is 1. The third-order valence-corrected chi connectivity index (χ3v) is 9.68. The smallest absolute Gasteiger partial charge is 0.410 e. The molecular weight excluding hydrogens is 580 g/mol. The Kier molecular flexibility index (Phi) is 8.91. The van der Waals surface area contributed by atoms with E-state index in [0.29, 0.717) is 60.5 Å². The summed E-state index contributed by atoms with van der Waals surface area (Å²) in [5.41, 5.74) is 2.25. The molecule has 1 unspecified atom stereocenters. The highest BCUT2D eigenvalue weighted by atomic mass is 35.5. The standard InChI is InChI=1S/C32H39ClN8O3/c1-3-20-7-9-21(10-8-20)17-41-26-28(35-19(2)22-5-4-6-22)37-30(27(34)36-32(42)43)38-29(26)39-31(41)40-15-16-44-18-25(40)23-11-13-24(33)14-12-23/h1,11-14,19-22,25H,4-10,15-18H2,2H3,(H2,34,36)(H,42,43)(H,35,37,38)/t19-,20?,21?,25?/m1/s1. The summed E-state index contributed by atoms with van der Waals surface area (Å²) in [5.74, 6) is 5.07. The summed E-state index contributed by atoms with van der Waals surface area (Å²) in [7, 11) is 0. The van der Waals surface area contributed by atoms with Crippen LogP contribution in [0.25, 0.3) is 11.2 Å². The molecule has 232 valence electrons. The fraction of sp³-hybridized carbons (Fsp3) is 0.531. The van der Waals surface area contributed by atoms with E-state index in [9.17, 15) is 9.90 Å². The zero-order valence-electron chi connectivity index (χ0n) is 24.9. The van der Waals surface area contributed by atoms with Gasteiger partial charge in [0.1, 0.15) is 5.52 Å². The van der Waals surface area contributed by atoms with Crippen molar-refractivity contribution in [3.63, 3.8) is 0 Å². The number of ether oxygens (including phenoxy) is 1. The fourth-order valence-electron chi connectivity index (χ4n) is 6.64. The molecule has 2 atom stereocenters. The van der Waals surface area contributed by atoms with Crippen molar-refractivity contribution in [3.05, 3.63) is 40.7 Å². The average molecular weight is 619 g/mol. The van der Waals surface area contributed by atoms with Crippen LogP contribution >= 0.6 is 11.6 Å². The van der Waals surface area contributed by atoms with Crippen molar-refractivity contribution in [1.82, 2.24) is 24.8 Å². The van der Waals surface area contributed by atoms with E-state index in [0.717, 1.165) is 55.6 Å². The zero-order valence-corrected chi connectivity index (χ0v) is 25.7. The fourth-order valence-corrected chi connectivity index (χ4v) is 6.77. The average Bonchev–Trinajstić information content (AvgIpc) is 3.35. The number of hydrogen-bond acceptors (Lipinski definition) is 8. The molecule has 4 N–H and O–H groups in total. The van der Waals surface area contributed by atoms with Crippen LogP contribution in [0.4, 0.5) is 16.6 Å². The van der Waals surface area contributed by atoms with Crippen molar-refractivity contribution in [1.29, 1.82) is 5.41 Å². The molecule has 6 rings (SSSR count). The van der Waals surface area contributed by atoms with Crippen molar-refractivity contribution in [3.8, 4) is 12.3 Å². The summed E-state index contributed by atoms with van der Waals surface area (Å²) in [6.45, 7) is 4.53. The monoisotopic (exact) mass is 618 g/mol. The van der Waals surface area contributed by atoms with Gasteiger partial charge >= 0.3 is 6.09 Å². The number of fused-ring (bicyclic) bond motifs is 1. The van der Waals surface area contributed by atoms with Crippen LogP contribution in [0.5, 0.6) is 0 Å². The van der Waals surface area contributed by atoms with Gasteiger partial charge < -0.3 is 24.6 Å². The summed E-state index contributed by atoms with van der Waals surface area (Å²) < 4.78 is 8.19. The number of hydrogen-bond donors (Lipinski definition) is 4. The molecule has 2 aliphatic carbocycles. The molecule has 1 amide bonds. The van der Waals surface area contributed by atoms with Crippen LogP contribution < -0.4 is 15.5 Å². The predicted octanol–water partition coefficient (Wildman–Crippen LogP) is 5.69. The largest absolute Gasteiger partial charge is 0.465 e. The Hall–Kier alpha value is -3.88. The van der Waals surface area contributed by atoms with Crippen LogP contribution in [0, 0.1) is 35.5 Å². The predicted molar refractivity (Wildman–Crippen MR) is 170 cm³/mol. The lowest BCUT2D eigenvalue weighted by molar-refractivity contribution is 0.0927. The van der Waals surface area contributed by atoms with Gasteiger partial charge in [-0.25, -0.2) is 14.8 Å². The second kappa shape index (κ2) is 13.0. The van der Waals surface area contributed by atoms with Crippen LogP contribution in [0.3, 0.4) is 0 Å². The Morgan fingerprint density at radius 2 is 1.93 bits per heavy atom. The van der Waals surface area contributed by atoms with Gasteiger partial charge in [-0.15, -0.1) is 12.3 Å². The minimum atomic E-state index is -1.34. The van der Waals surface area contributed by atoms with Gasteiger partial charge in [0.25, 0.3) is 0 Å². The maximum Gasteiger partial charge on any atom is 0.410 e. The number of imidazole rings is 1. The Balaban J connectivity index is 1.48. The first kappa shape index (κ1) is 30.2. The second-order valence-electron chi connectivity index (χ2n) is 12.2. The van der Waals surface area contributed by atoms with Crippen molar-refractivity contribution in [2.75, 3.05) is 30.0 Å². The third-order valence-electron chi connectivity index (χ3n) is 9.42. The lowest BCUT2D eigenvalue weighted by Gasteiger charge is -2.37. The normalized spacial score (nSPS) is 23.0. The number of benzene rings is 1. The lowest BCUT2D eigenvalue weighted by Crippen LogP contribution is -2.41. The van der Waals surface area contributed by atoms with Crippen molar-refractivity contribution >= 4 is 46.5 Å². The molecule has 1 aromatic carbocycles. The molecule has 0 bridgehead atoms. The summed E-state index contributed by atoms with van der Waals surface area (Å²) >= 11 is 6.22. The van der Waals surface area contributed by atoms with Crippen molar-refractivity contribution in [2.45, 2.75) is 70.5 Å². The first-order valence-corrected chi connectivity index (χ1v) is 15.9. The maximum atomic E-state index is 11.4. The van der Waals surface area contributed by atoms with E-state index in [4.69, 9.17) is 38.1 Å². The van der Waals surface area contributed by atoms with Gasteiger partial charge in [-0.2, -0.15) is 4.98 Å². The van der Waals surface area contributed by atoms with E-state index in [1.54, 1.807) is 0 Å². The van der Waals surface area contributed by atoms with E-state index >= 15 is 0 Å². The number of anilines is 2. The van der Waals surface area contributed by atoms with Crippen molar-refractivity contribution < 1.29 is 14.6 Å². The van der Waals surface area contributed by atoms with E-state index in [2.05, 4.69) is 37.9 Å². The molecule has 3 heterocycles. The van der Waals surface area contributed by atoms with E-state index in [-0.39, 0.29) is 17.9 Å². The SMILES string of the molecule is C#CC1CCC(Cn2c(N3CCOCC3c3ccc(Cl)cc3)nc3nc(C(=N)NC(=O)O)nc(N[C@H](C)C4CCC4)c32)CC1. The van der Waals surface area contributed by atoms with Crippen LogP contribution in [0.15, 0.2) is 24.3 Å². The molecule has 3 fully saturated rings. The molecule has 12 heteroatoms. The van der Waals surface area contributed by atoms with Gasteiger partial charge in [0.15, 0.2) is 23.1 Å². The summed E-state index contributed by atoms with van der Waals surface area (Å²) in [5, 5.41) is 24.1. The Morgan fingerprint density at radius 3 is 2.59 bits per heavy atom. The second-order valence-corrected chi connectivity index (χ2v) is 12.7. The number of carbonyl (C=O) groups is 1. The van der Waals surface area contributed by atoms with E-state index in [1.165, 1.54) is 6.42 Å². The highest BCUT2D eigenvalue weighted by Gasteiger charge is 2.33. The van der Waals surface area contributed by atoms with Gasteiger partial charge in [-0.3, -0.25) is 10.7 Å². The molecule has 44 heavy (non-hydrogen) atoms. The number of nitrogens with one attached hydrogen (secondary N) is 3.